The number of pyridine rings is 2. The Morgan fingerprint density at radius 3 is 2.07 bits per heavy atom. The SMILES string of the molecule is CCC1(C)c2ccccc2-c2cccc[n+]2C1(C=CCc1ccccc1-c1ccc(B2OC(C)(C)C(C)(C)O2)c[n+]1C)CC. The molecular weight excluding hydrogens is 539 g/mol. The van der Waals surface area contributed by atoms with Crippen LogP contribution in [-0.4, -0.2) is 18.3 Å². The summed E-state index contributed by atoms with van der Waals surface area (Å²) < 4.78 is 17.4. The van der Waals surface area contributed by atoms with Crippen LogP contribution in [0.1, 0.15) is 72.4 Å². The van der Waals surface area contributed by atoms with Crippen LogP contribution in [-0.2, 0) is 33.7 Å². The number of hydrogen-bond acceptors (Lipinski definition) is 2. The van der Waals surface area contributed by atoms with E-state index in [1.54, 1.807) is 0 Å². The molecule has 0 amide bonds. The highest BCUT2D eigenvalue weighted by Crippen LogP contribution is 2.50. The number of aromatic nitrogens is 2. The molecule has 0 aliphatic carbocycles. The van der Waals surface area contributed by atoms with Gasteiger partial charge in [-0.05, 0) is 88.9 Å². The molecule has 0 spiro atoms. The normalized spacial score (nSPS) is 23.5. The van der Waals surface area contributed by atoms with Gasteiger partial charge in [-0.25, -0.2) is 4.57 Å². The van der Waals surface area contributed by atoms with E-state index in [4.69, 9.17) is 9.31 Å². The van der Waals surface area contributed by atoms with E-state index in [-0.39, 0.29) is 29.3 Å². The van der Waals surface area contributed by atoms with Crippen LogP contribution in [0.3, 0.4) is 0 Å². The van der Waals surface area contributed by atoms with E-state index in [0.29, 0.717) is 0 Å². The molecule has 2 aromatic carbocycles. The van der Waals surface area contributed by atoms with Crippen molar-refractivity contribution in [1.29, 1.82) is 0 Å². The van der Waals surface area contributed by atoms with E-state index in [2.05, 4.69) is 168 Å². The van der Waals surface area contributed by atoms with Crippen molar-refractivity contribution >= 4 is 12.6 Å². The number of aryl methyl sites for hydroxylation is 1. The molecule has 0 bridgehead atoms. The van der Waals surface area contributed by atoms with E-state index < -0.39 is 0 Å². The average molecular weight is 587 g/mol. The van der Waals surface area contributed by atoms with Gasteiger partial charge in [-0.2, -0.15) is 4.57 Å². The van der Waals surface area contributed by atoms with Crippen molar-refractivity contribution in [2.45, 2.75) is 89.9 Å². The molecule has 4 nitrogen and oxygen atoms in total. The monoisotopic (exact) mass is 586 g/mol. The summed E-state index contributed by atoms with van der Waals surface area (Å²) in [5, 5.41) is 0. The molecule has 5 heteroatoms. The number of allylic oxidation sites excluding steroid dienone is 2. The molecule has 4 aromatic rings. The molecule has 0 saturated carbocycles. The maximum absolute atomic E-state index is 6.33. The summed E-state index contributed by atoms with van der Waals surface area (Å²) >= 11 is 0. The van der Waals surface area contributed by atoms with Crippen LogP contribution >= 0.6 is 0 Å². The van der Waals surface area contributed by atoms with E-state index in [9.17, 15) is 0 Å². The van der Waals surface area contributed by atoms with E-state index >= 15 is 0 Å². The average Bonchev–Trinajstić information content (AvgIpc) is 3.25. The molecule has 1 saturated heterocycles. The summed E-state index contributed by atoms with van der Waals surface area (Å²) in [4.78, 5) is 0. The molecule has 6 rings (SSSR count). The van der Waals surface area contributed by atoms with Crippen LogP contribution in [0, 0.1) is 0 Å². The summed E-state index contributed by atoms with van der Waals surface area (Å²) in [6, 6.07) is 28.7. The molecule has 2 aliphatic heterocycles. The number of hydrogen-bond donors (Lipinski definition) is 0. The van der Waals surface area contributed by atoms with Crippen LogP contribution in [0.4, 0.5) is 0 Å². The summed E-state index contributed by atoms with van der Waals surface area (Å²) in [5.74, 6) is 0. The van der Waals surface area contributed by atoms with Gasteiger partial charge in [0.2, 0.25) is 11.4 Å². The van der Waals surface area contributed by atoms with E-state index in [1.165, 1.54) is 33.6 Å². The van der Waals surface area contributed by atoms with Gasteiger partial charge < -0.3 is 9.31 Å². The van der Waals surface area contributed by atoms with Gasteiger partial charge in [0.15, 0.2) is 17.9 Å². The number of rotatable bonds is 7. The fraction of sp³-hybridized carbons (Fsp3) is 0.385. The van der Waals surface area contributed by atoms with Gasteiger partial charge in [0.1, 0.15) is 7.05 Å². The second-order valence-corrected chi connectivity index (χ2v) is 13.8. The van der Waals surface area contributed by atoms with Crippen molar-refractivity contribution in [3.8, 4) is 22.5 Å². The lowest BCUT2D eigenvalue weighted by Crippen LogP contribution is -2.68. The molecule has 0 radical (unpaired) electrons. The topological polar surface area (TPSA) is 26.2 Å². The largest absolute Gasteiger partial charge is 0.501 e. The van der Waals surface area contributed by atoms with Gasteiger partial charge in [-0.1, -0.05) is 56.3 Å². The van der Waals surface area contributed by atoms with Gasteiger partial charge in [0.25, 0.3) is 0 Å². The molecule has 2 aromatic heterocycles. The number of fused-ring (bicyclic) bond motifs is 3. The molecule has 2 aliphatic rings. The molecule has 2 unspecified atom stereocenters. The molecular formula is C39H47BN2O2+2. The van der Waals surface area contributed by atoms with Gasteiger partial charge in [-0.15, -0.1) is 0 Å². The predicted molar refractivity (Wildman–Crippen MR) is 180 cm³/mol. The molecule has 2 atom stereocenters. The maximum atomic E-state index is 6.33. The minimum absolute atomic E-state index is 0.0524. The van der Waals surface area contributed by atoms with Crippen molar-refractivity contribution in [2.75, 3.05) is 0 Å². The standard InChI is InChI=1S/C39H47BN2O2/c1-9-38(7)33-22-14-13-21-32(33)35-23-15-16-27-42(35)39(38,10-2)26-17-19-29-18-11-12-20-31(29)34-25-24-30(28-41(34)8)40-43-36(3,4)37(5,6)44-40/h11-18,20-28H,9-10,19H2,1-8H3/q+2. The third-order valence-electron chi connectivity index (χ3n) is 11.0. The third-order valence-corrected chi connectivity index (χ3v) is 11.0. The summed E-state index contributed by atoms with van der Waals surface area (Å²) in [6.45, 7) is 15.5. The molecule has 1 fully saturated rings. The van der Waals surface area contributed by atoms with Crippen molar-refractivity contribution in [3.05, 3.63) is 115 Å². The fourth-order valence-electron chi connectivity index (χ4n) is 7.49. The molecule has 0 N–H and O–H groups in total. The summed E-state index contributed by atoms with van der Waals surface area (Å²) in [7, 11) is 1.74. The lowest BCUT2D eigenvalue weighted by molar-refractivity contribution is -0.756. The van der Waals surface area contributed by atoms with E-state index in [1.807, 2.05) is 0 Å². The van der Waals surface area contributed by atoms with Crippen LogP contribution in [0.5, 0.6) is 0 Å². The second-order valence-electron chi connectivity index (χ2n) is 13.8. The quantitative estimate of drug-likeness (QED) is 0.132. The lowest BCUT2D eigenvalue weighted by atomic mass is 9.59. The second kappa shape index (κ2) is 11.1. The zero-order chi connectivity index (χ0) is 31.3. The Hall–Kier alpha value is -3.54. The maximum Gasteiger partial charge on any atom is 0.501 e. The summed E-state index contributed by atoms with van der Waals surface area (Å²) in [5.41, 5.74) is 7.86. The number of benzene rings is 2. The highest BCUT2D eigenvalue weighted by Gasteiger charge is 2.57. The molecule has 4 heterocycles. The van der Waals surface area contributed by atoms with Crippen LogP contribution in [0.25, 0.3) is 22.5 Å². The minimum atomic E-state index is -0.377. The summed E-state index contributed by atoms with van der Waals surface area (Å²) in [6.07, 6.45) is 12.2. The van der Waals surface area contributed by atoms with Crippen LogP contribution in [0.2, 0.25) is 0 Å². The van der Waals surface area contributed by atoms with Gasteiger partial charge >= 0.3 is 7.12 Å². The fourth-order valence-corrected chi connectivity index (χ4v) is 7.49. The van der Waals surface area contributed by atoms with E-state index in [0.717, 1.165) is 24.7 Å². The minimum Gasteiger partial charge on any atom is -0.399 e. The van der Waals surface area contributed by atoms with Crippen molar-refractivity contribution < 1.29 is 18.4 Å². The highest BCUT2D eigenvalue weighted by molar-refractivity contribution is 6.61. The first kappa shape index (κ1) is 30.5. The zero-order valence-corrected chi connectivity index (χ0v) is 27.7. The Kier molecular flexibility index (Phi) is 7.71. The molecule has 226 valence electrons. The van der Waals surface area contributed by atoms with Crippen LogP contribution in [0.15, 0.2) is 103 Å². The van der Waals surface area contributed by atoms with Gasteiger partial charge in [0.05, 0.1) is 22.2 Å². The third kappa shape index (κ3) is 4.67. The van der Waals surface area contributed by atoms with Crippen molar-refractivity contribution in [2.24, 2.45) is 7.05 Å². The van der Waals surface area contributed by atoms with Crippen molar-refractivity contribution in [1.82, 2.24) is 0 Å². The first-order valence-corrected chi connectivity index (χ1v) is 16.2. The first-order valence-electron chi connectivity index (χ1n) is 16.2. The predicted octanol–water partition coefficient (Wildman–Crippen LogP) is 7.02. The lowest BCUT2D eigenvalue weighted by Gasteiger charge is -2.46. The van der Waals surface area contributed by atoms with Gasteiger partial charge in [0, 0.05) is 35.6 Å². The van der Waals surface area contributed by atoms with Crippen LogP contribution < -0.4 is 14.6 Å². The van der Waals surface area contributed by atoms with Gasteiger partial charge in [-0.3, -0.25) is 0 Å². The van der Waals surface area contributed by atoms with Crippen molar-refractivity contribution in [3.63, 3.8) is 0 Å². The Morgan fingerprint density at radius 1 is 0.727 bits per heavy atom. The smallest absolute Gasteiger partial charge is 0.399 e. The zero-order valence-electron chi connectivity index (χ0n) is 27.7. The Labute approximate surface area is 264 Å². The Balaban J connectivity index is 1.34. The highest BCUT2D eigenvalue weighted by atomic mass is 16.7. The Bertz CT molecular complexity index is 1710. The number of nitrogens with zero attached hydrogens (tertiary/aromatic N) is 2. The molecule has 44 heavy (non-hydrogen) atoms. The Morgan fingerprint density at radius 2 is 1.39 bits per heavy atom. The first-order chi connectivity index (χ1) is 21.0.